The van der Waals surface area contributed by atoms with Crippen LogP contribution in [-0.2, 0) is 11.3 Å². The average molecular weight is 424 g/mol. The van der Waals surface area contributed by atoms with Crippen LogP contribution in [0.15, 0.2) is 79.6 Å². The van der Waals surface area contributed by atoms with Gasteiger partial charge in [0.1, 0.15) is 30.3 Å². The number of fused-ring (bicyclic) bond motifs is 1. The number of aromatic nitrogens is 6. The molecule has 0 saturated carbocycles. The monoisotopic (exact) mass is 424 g/mol. The molecular formula is C23H20N8O. The maximum absolute atomic E-state index is 12.5. The molecule has 0 fully saturated rings. The number of hydrogen-bond acceptors (Lipinski definition) is 6. The van der Waals surface area contributed by atoms with Crippen LogP contribution in [0.1, 0.15) is 5.82 Å². The zero-order valence-electron chi connectivity index (χ0n) is 17.3. The van der Waals surface area contributed by atoms with Crippen molar-refractivity contribution in [2.24, 2.45) is 0 Å². The SMILES string of the molecule is Cc1nc(Nc2ccc(NC(=O)Cn3cnc4ccccc43)cc2)cc(-n2ccnc2)n1. The van der Waals surface area contributed by atoms with E-state index in [-0.39, 0.29) is 12.5 Å². The summed E-state index contributed by atoms with van der Waals surface area (Å²) in [5, 5.41) is 6.20. The maximum Gasteiger partial charge on any atom is 0.244 e. The number of anilines is 3. The van der Waals surface area contributed by atoms with E-state index in [1.807, 2.05) is 76.9 Å². The first-order valence-corrected chi connectivity index (χ1v) is 10.0. The van der Waals surface area contributed by atoms with Gasteiger partial charge < -0.3 is 15.2 Å². The molecule has 0 aliphatic heterocycles. The Balaban J connectivity index is 1.25. The van der Waals surface area contributed by atoms with E-state index in [9.17, 15) is 4.79 Å². The molecule has 3 heterocycles. The van der Waals surface area contributed by atoms with Crippen LogP contribution in [-0.4, -0.2) is 35.0 Å². The molecule has 0 spiro atoms. The Labute approximate surface area is 183 Å². The Morgan fingerprint density at radius 2 is 1.81 bits per heavy atom. The summed E-state index contributed by atoms with van der Waals surface area (Å²) < 4.78 is 3.65. The van der Waals surface area contributed by atoms with Crippen molar-refractivity contribution in [3.63, 3.8) is 0 Å². The lowest BCUT2D eigenvalue weighted by Gasteiger charge is -2.10. The van der Waals surface area contributed by atoms with E-state index in [1.165, 1.54) is 0 Å². The summed E-state index contributed by atoms with van der Waals surface area (Å²) in [7, 11) is 0. The predicted molar refractivity (Wildman–Crippen MR) is 122 cm³/mol. The first-order chi connectivity index (χ1) is 15.6. The lowest BCUT2D eigenvalue weighted by molar-refractivity contribution is -0.116. The number of para-hydroxylation sites is 2. The van der Waals surface area contributed by atoms with Crippen molar-refractivity contribution < 1.29 is 4.79 Å². The number of aryl methyl sites for hydroxylation is 1. The Morgan fingerprint density at radius 3 is 2.62 bits per heavy atom. The summed E-state index contributed by atoms with van der Waals surface area (Å²) in [4.78, 5) is 29.7. The largest absolute Gasteiger partial charge is 0.340 e. The summed E-state index contributed by atoms with van der Waals surface area (Å²) in [5.41, 5.74) is 3.35. The van der Waals surface area contributed by atoms with Gasteiger partial charge in [-0.15, -0.1) is 0 Å². The highest BCUT2D eigenvalue weighted by atomic mass is 16.1. The number of carbonyl (C=O) groups excluding carboxylic acids is 1. The second-order valence-corrected chi connectivity index (χ2v) is 7.24. The lowest BCUT2D eigenvalue weighted by Crippen LogP contribution is -2.18. The average Bonchev–Trinajstić information content (AvgIpc) is 3.46. The highest BCUT2D eigenvalue weighted by molar-refractivity contribution is 5.91. The highest BCUT2D eigenvalue weighted by Crippen LogP contribution is 2.20. The van der Waals surface area contributed by atoms with Crippen LogP contribution in [0.25, 0.3) is 16.9 Å². The maximum atomic E-state index is 12.5. The molecule has 158 valence electrons. The Bertz CT molecular complexity index is 1370. The van der Waals surface area contributed by atoms with E-state index < -0.39 is 0 Å². The Morgan fingerprint density at radius 1 is 1.00 bits per heavy atom. The van der Waals surface area contributed by atoms with Crippen molar-refractivity contribution in [1.82, 2.24) is 29.1 Å². The van der Waals surface area contributed by atoms with Crippen molar-refractivity contribution in [3.8, 4) is 5.82 Å². The van der Waals surface area contributed by atoms with Crippen LogP contribution in [0.3, 0.4) is 0 Å². The predicted octanol–water partition coefficient (Wildman–Crippen LogP) is 3.70. The third kappa shape index (κ3) is 4.17. The van der Waals surface area contributed by atoms with E-state index in [1.54, 1.807) is 18.9 Å². The van der Waals surface area contributed by atoms with Crippen molar-refractivity contribution in [2.75, 3.05) is 10.6 Å². The molecule has 0 bridgehead atoms. The van der Waals surface area contributed by atoms with Gasteiger partial charge in [0, 0.05) is 29.8 Å². The van der Waals surface area contributed by atoms with E-state index in [4.69, 9.17) is 0 Å². The minimum atomic E-state index is -0.120. The van der Waals surface area contributed by atoms with Gasteiger partial charge in [0.15, 0.2) is 0 Å². The van der Waals surface area contributed by atoms with Crippen LogP contribution >= 0.6 is 0 Å². The number of carbonyl (C=O) groups is 1. The first kappa shape index (κ1) is 19.4. The molecule has 0 atom stereocenters. The number of amides is 1. The van der Waals surface area contributed by atoms with Gasteiger partial charge in [-0.2, -0.15) is 0 Å². The molecule has 32 heavy (non-hydrogen) atoms. The van der Waals surface area contributed by atoms with Gasteiger partial charge in [-0.05, 0) is 43.3 Å². The Kier molecular flexibility index (Phi) is 5.04. The fourth-order valence-corrected chi connectivity index (χ4v) is 3.42. The molecule has 9 heteroatoms. The molecular weight excluding hydrogens is 404 g/mol. The number of hydrogen-bond donors (Lipinski definition) is 2. The van der Waals surface area contributed by atoms with Gasteiger partial charge >= 0.3 is 0 Å². The van der Waals surface area contributed by atoms with Gasteiger partial charge in [-0.3, -0.25) is 9.36 Å². The van der Waals surface area contributed by atoms with Crippen molar-refractivity contribution in [3.05, 3.63) is 85.5 Å². The first-order valence-electron chi connectivity index (χ1n) is 10.0. The molecule has 0 aliphatic carbocycles. The molecule has 0 radical (unpaired) electrons. The topological polar surface area (TPSA) is 103 Å². The van der Waals surface area contributed by atoms with Gasteiger partial charge in [-0.1, -0.05) is 12.1 Å². The van der Waals surface area contributed by atoms with Crippen LogP contribution < -0.4 is 10.6 Å². The van der Waals surface area contributed by atoms with Crippen LogP contribution in [0.5, 0.6) is 0 Å². The fraction of sp³-hybridized carbons (Fsp3) is 0.0870. The highest BCUT2D eigenvalue weighted by Gasteiger charge is 2.08. The minimum absolute atomic E-state index is 0.120. The Hall–Kier alpha value is -4.53. The molecule has 5 rings (SSSR count). The quantitative estimate of drug-likeness (QED) is 0.431. The van der Waals surface area contributed by atoms with Gasteiger partial charge in [0.25, 0.3) is 0 Å². The van der Waals surface area contributed by atoms with Crippen molar-refractivity contribution in [1.29, 1.82) is 0 Å². The molecule has 3 aromatic heterocycles. The number of nitrogens with zero attached hydrogens (tertiary/aromatic N) is 6. The van der Waals surface area contributed by atoms with Gasteiger partial charge in [0.05, 0.1) is 17.4 Å². The second kappa shape index (κ2) is 8.31. The molecule has 5 aromatic rings. The van der Waals surface area contributed by atoms with Gasteiger partial charge in [-0.25, -0.2) is 19.9 Å². The van der Waals surface area contributed by atoms with E-state index >= 15 is 0 Å². The van der Waals surface area contributed by atoms with E-state index in [2.05, 4.69) is 30.6 Å². The molecule has 2 aromatic carbocycles. The van der Waals surface area contributed by atoms with Crippen molar-refractivity contribution >= 4 is 34.1 Å². The van der Waals surface area contributed by atoms with Crippen LogP contribution in [0.2, 0.25) is 0 Å². The molecule has 0 unspecified atom stereocenters. The molecule has 9 nitrogen and oxygen atoms in total. The standard InChI is InChI=1S/C23H20N8O/c1-16-26-21(12-22(27-16)30-11-10-24-14-30)28-17-6-8-18(9-7-17)29-23(32)13-31-15-25-19-4-2-3-5-20(19)31/h2-12,14-15H,13H2,1H3,(H,29,32)(H,26,27,28). The fourth-order valence-electron chi connectivity index (χ4n) is 3.42. The normalized spacial score (nSPS) is 10.9. The molecule has 2 N–H and O–H groups in total. The van der Waals surface area contributed by atoms with Crippen LogP contribution in [0.4, 0.5) is 17.2 Å². The summed E-state index contributed by atoms with van der Waals surface area (Å²) in [6, 6.07) is 17.0. The van der Waals surface area contributed by atoms with E-state index in [0.29, 0.717) is 17.3 Å². The number of rotatable bonds is 6. The molecule has 1 amide bonds. The lowest BCUT2D eigenvalue weighted by atomic mass is 10.2. The summed E-state index contributed by atoms with van der Waals surface area (Å²) >= 11 is 0. The van der Waals surface area contributed by atoms with Gasteiger partial charge in [0.2, 0.25) is 5.91 Å². The summed E-state index contributed by atoms with van der Waals surface area (Å²) in [6.45, 7) is 2.03. The number of benzene rings is 2. The zero-order chi connectivity index (χ0) is 21.9. The third-order valence-corrected chi connectivity index (χ3v) is 4.88. The van der Waals surface area contributed by atoms with E-state index in [0.717, 1.165) is 22.5 Å². The summed E-state index contributed by atoms with van der Waals surface area (Å²) in [5.74, 6) is 1.93. The zero-order valence-corrected chi connectivity index (χ0v) is 17.3. The van der Waals surface area contributed by atoms with Crippen molar-refractivity contribution in [2.45, 2.75) is 13.5 Å². The molecule has 0 aliphatic rings. The molecule has 0 saturated heterocycles. The second-order valence-electron chi connectivity index (χ2n) is 7.24. The number of imidazole rings is 2. The summed E-state index contributed by atoms with van der Waals surface area (Å²) in [6.07, 6.45) is 6.90. The van der Waals surface area contributed by atoms with Crippen LogP contribution in [0, 0.1) is 6.92 Å². The number of nitrogens with one attached hydrogen (secondary N) is 2. The smallest absolute Gasteiger partial charge is 0.244 e. The third-order valence-electron chi connectivity index (χ3n) is 4.88. The minimum Gasteiger partial charge on any atom is -0.340 e.